The lowest BCUT2D eigenvalue weighted by Crippen LogP contribution is -2.40. The molecule has 2 amide bonds. The number of carbonyl (C=O) groups is 1. The van der Waals surface area contributed by atoms with Crippen molar-refractivity contribution in [2.75, 3.05) is 11.9 Å². The van der Waals surface area contributed by atoms with Crippen molar-refractivity contribution in [3.8, 4) is 0 Å². The Morgan fingerprint density at radius 3 is 2.58 bits per heavy atom. The molecular formula is C13H18Cl2N2O2. The van der Waals surface area contributed by atoms with E-state index in [1.165, 1.54) is 0 Å². The predicted molar refractivity (Wildman–Crippen MR) is 78.9 cm³/mol. The molecule has 4 nitrogen and oxygen atoms in total. The minimum absolute atomic E-state index is 0.160. The van der Waals surface area contributed by atoms with Gasteiger partial charge in [-0.25, -0.2) is 4.79 Å². The smallest absolute Gasteiger partial charge is 0.319 e. The summed E-state index contributed by atoms with van der Waals surface area (Å²) in [6, 6.07) is 4.36. The highest BCUT2D eigenvalue weighted by Gasteiger charge is 2.22. The minimum Gasteiger partial charge on any atom is -0.391 e. The Morgan fingerprint density at radius 1 is 1.37 bits per heavy atom. The van der Waals surface area contributed by atoms with Gasteiger partial charge in [-0.05, 0) is 23.6 Å². The summed E-state index contributed by atoms with van der Waals surface area (Å²) in [4.78, 5) is 11.7. The van der Waals surface area contributed by atoms with Crippen molar-refractivity contribution in [1.29, 1.82) is 0 Å². The van der Waals surface area contributed by atoms with Crippen molar-refractivity contribution in [2.45, 2.75) is 26.9 Å². The number of hydrogen-bond donors (Lipinski definition) is 3. The zero-order valence-electron chi connectivity index (χ0n) is 11.1. The molecule has 0 fully saturated rings. The Morgan fingerprint density at radius 2 is 2.00 bits per heavy atom. The van der Waals surface area contributed by atoms with Crippen LogP contribution in [0.25, 0.3) is 0 Å². The van der Waals surface area contributed by atoms with Crippen molar-refractivity contribution in [1.82, 2.24) is 5.32 Å². The van der Waals surface area contributed by atoms with E-state index in [4.69, 9.17) is 23.2 Å². The molecule has 3 N–H and O–H groups in total. The number of amides is 2. The number of hydrogen-bond acceptors (Lipinski definition) is 2. The number of carbonyl (C=O) groups excluding carboxylic acids is 1. The number of aliphatic hydroxyl groups excluding tert-OH is 1. The number of benzene rings is 1. The highest BCUT2D eigenvalue weighted by molar-refractivity contribution is 6.35. The van der Waals surface area contributed by atoms with E-state index in [1.54, 1.807) is 18.2 Å². The maximum Gasteiger partial charge on any atom is 0.319 e. The van der Waals surface area contributed by atoms with E-state index in [-0.39, 0.29) is 12.0 Å². The van der Waals surface area contributed by atoms with Gasteiger partial charge in [-0.2, -0.15) is 0 Å². The Bertz CT molecular complexity index is 458. The Hall–Kier alpha value is -0.970. The number of rotatable bonds is 3. The van der Waals surface area contributed by atoms with Gasteiger partial charge in [0.2, 0.25) is 0 Å². The second-order valence-corrected chi connectivity index (χ2v) is 6.18. The van der Waals surface area contributed by atoms with E-state index >= 15 is 0 Å². The van der Waals surface area contributed by atoms with Gasteiger partial charge in [0, 0.05) is 11.6 Å². The van der Waals surface area contributed by atoms with Gasteiger partial charge in [-0.15, -0.1) is 0 Å². The van der Waals surface area contributed by atoms with Crippen molar-refractivity contribution in [2.24, 2.45) is 5.41 Å². The van der Waals surface area contributed by atoms with Crippen molar-refractivity contribution >= 4 is 34.9 Å². The molecule has 0 saturated heterocycles. The molecule has 0 saturated carbocycles. The summed E-state index contributed by atoms with van der Waals surface area (Å²) in [7, 11) is 0. The highest BCUT2D eigenvalue weighted by Crippen LogP contribution is 2.25. The second kappa shape index (κ2) is 6.46. The SMILES string of the molecule is CC(C)(C)C(O)CNC(=O)Nc1cc(Cl)ccc1Cl. The van der Waals surface area contributed by atoms with E-state index in [1.807, 2.05) is 20.8 Å². The lowest BCUT2D eigenvalue weighted by atomic mass is 9.89. The third kappa shape index (κ3) is 5.27. The van der Waals surface area contributed by atoms with E-state index in [9.17, 15) is 9.90 Å². The predicted octanol–water partition coefficient (Wildman–Crippen LogP) is 3.52. The van der Waals surface area contributed by atoms with Crippen LogP contribution in [-0.4, -0.2) is 23.8 Å². The Labute approximate surface area is 123 Å². The van der Waals surface area contributed by atoms with Gasteiger partial charge in [-0.1, -0.05) is 44.0 Å². The van der Waals surface area contributed by atoms with E-state index in [0.29, 0.717) is 15.7 Å². The topological polar surface area (TPSA) is 61.4 Å². The van der Waals surface area contributed by atoms with Gasteiger partial charge in [0.1, 0.15) is 0 Å². The maximum absolute atomic E-state index is 11.7. The molecule has 6 heteroatoms. The number of urea groups is 1. The van der Waals surface area contributed by atoms with Crippen molar-refractivity contribution in [3.05, 3.63) is 28.2 Å². The van der Waals surface area contributed by atoms with E-state index in [0.717, 1.165) is 0 Å². The summed E-state index contributed by atoms with van der Waals surface area (Å²) < 4.78 is 0. The molecular weight excluding hydrogens is 287 g/mol. The molecule has 0 bridgehead atoms. The minimum atomic E-state index is -0.631. The normalized spacial score (nSPS) is 12.9. The number of anilines is 1. The highest BCUT2D eigenvalue weighted by atomic mass is 35.5. The average molecular weight is 305 g/mol. The molecule has 0 radical (unpaired) electrons. The first kappa shape index (κ1) is 16.1. The van der Waals surface area contributed by atoms with E-state index in [2.05, 4.69) is 10.6 Å². The van der Waals surface area contributed by atoms with Crippen LogP contribution >= 0.6 is 23.2 Å². The van der Waals surface area contributed by atoms with Crippen LogP contribution in [0, 0.1) is 5.41 Å². The molecule has 0 aliphatic heterocycles. The maximum atomic E-state index is 11.7. The number of nitrogens with one attached hydrogen (secondary N) is 2. The van der Waals surface area contributed by atoms with Crippen molar-refractivity contribution < 1.29 is 9.90 Å². The molecule has 1 aromatic rings. The van der Waals surface area contributed by atoms with Crippen LogP contribution in [0.2, 0.25) is 10.0 Å². The summed E-state index contributed by atoms with van der Waals surface area (Å²) in [5.74, 6) is 0. The fourth-order valence-electron chi connectivity index (χ4n) is 1.26. The molecule has 0 aromatic heterocycles. The molecule has 1 rings (SSSR count). The number of halogens is 2. The monoisotopic (exact) mass is 304 g/mol. The summed E-state index contributed by atoms with van der Waals surface area (Å²) in [6.45, 7) is 5.84. The van der Waals surface area contributed by atoms with Crippen LogP contribution < -0.4 is 10.6 Å². The van der Waals surface area contributed by atoms with Gasteiger partial charge in [0.15, 0.2) is 0 Å². The lowest BCUT2D eigenvalue weighted by Gasteiger charge is -2.25. The summed E-state index contributed by atoms with van der Waals surface area (Å²) in [5.41, 5.74) is 0.137. The molecule has 19 heavy (non-hydrogen) atoms. The summed E-state index contributed by atoms with van der Waals surface area (Å²) in [5, 5.41) is 15.9. The standard InChI is InChI=1S/C13H18Cl2N2O2/c1-13(2,3)11(18)7-16-12(19)17-10-6-8(14)4-5-9(10)15/h4-6,11,18H,7H2,1-3H3,(H2,16,17,19). The lowest BCUT2D eigenvalue weighted by molar-refractivity contribution is 0.0654. The molecule has 0 spiro atoms. The van der Waals surface area contributed by atoms with Crippen LogP contribution in [0.4, 0.5) is 10.5 Å². The summed E-state index contributed by atoms with van der Waals surface area (Å²) in [6.07, 6.45) is -0.631. The first-order valence-electron chi connectivity index (χ1n) is 5.88. The zero-order chi connectivity index (χ0) is 14.6. The third-order valence-corrected chi connectivity index (χ3v) is 3.20. The van der Waals surface area contributed by atoms with Crippen LogP contribution in [-0.2, 0) is 0 Å². The fourth-order valence-corrected chi connectivity index (χ4v) is 1.59. The molecule has 0 aliphatic carbocycles. The van der Waals surface area contributed by atoms with Crippen LogP contribution in [0.5, 0.6) is 0 Å². The Kier molecular flexibility index (Phi) is 5.47. The van der Waals surface area contributed by atoms with Gasteiger partial charge < -0.3 is 15.7 Å². The molecule has 1 unspecified atom stereocenters. The van der Waals surface area contributed by atoms with Crippen molar-refractivity contribution in [3.63, 3.8) is 0 Å². The van der Waals surface area contributed by atoms with Gasteiger partial charge in [0.05, 0.1) is 16.8 Å². The van der Waals surface area contributed by atoms with Crippen LogP contribution in [0.3, 0.4) is 0 Å². The zero-order valence-corrected chi connectivity index (χ0v) is 12.6. The van der Waals surface area contributed by atoms with Gasteiger partial charge >= 0.3 is 6.03 Å². The van der Waals surface area contributed by atoms with Gasteiger partial charge in [-0.3, -0.25) is 0 Å². The third-order valence-electron chi connectivity index (χ3n) is 2.63. The Balaban J connectivity index is 2.54. The first-order valence-corrected chi connectivity index (χ1v) is 6.63. The first-order chi connectivity index (χ1) is 8.70. The van der Waals surface area contributed by atoms with E-state index < -0.39 is 12.1 Å². The average Bonchev–Trinajstić information content (AvgIpc) is 2.29. The fraction of sp³-hybridized carbons (Fsp3) is 0.462. The largest absolute Gasteiger partial charge is 0.391 e. The van der Waals surface area contributed by atoms with Crippen LogP contribution in [0.1, 0.15) is 20.8 Å². The summed E-state index contributed by atoms with van der Waals surface area (Å²) >= 11 is 11.7. The van der Waals surface area contributed by atoms with Gasteiger partial charge in [0.25, 0.3) is 0 Å². The molecule has 1 atom stereocenters. The number of aliphatic hydroxyl groups is 1. The molecule has 0 aliphatic rings. The molecule has 0 heterocycles. The molecule has 106 valence electrons. The molecule has 1 aromatic carbocycles. The quantitative estimate of drug-likeness (QED) is 0.800. The van der Waals surface area contributed by atoms with Crippen LogP contribution in [0.15, 0.2) is 18.2 Å². The second-order valence-electron chi connectivity index (χ2n) is 5.34.